The molecule has 19 heavy (non-hydrogen) atoms. The van der Waals surface area contributed by atoms with E-state index in [9.17, 15) is 18.0 Å². The Kier molecular flexibility index (Phi) is 5.74. The fourth-order valence-electron chi connectivity index (χ4n) is 2.08. The Morgan fingerprint density at radius 2 is 1.95 bits per heavy atom. The Labute approximate surface area is 112 Å². The van der Waals surface area contributed by atoms with Crippen molar-refractivity contribution in [3.05, 3.63) is 0 Å². The molecular formula is C11H19NO6S. The maximum Gasteiger partial charge on any atom is 0.334 e. The highest BCUT2D eigenvalue weighted by molar-refractivity contribution is 7.92. The Hall–Kier alpha value is -1.15. The van der Waals surface area contributed by atoms with Gasteiger partial charge in [0.05, 0.1) is 11.8 Å². The second-order valence-corrected chi connectivity index (χ2v) is 6.86. The van der Waals surface area contributed by atoms with Crippen LogP contribution in [0.25, 0.3) is 0 Å². The maximum absolute atomic E-state index is 11.9. The van der Waals surface area contributed by atoms with E-state index in [0.29, 0.717) is 12.8 Å². The van der Waals surface area contributed by atoms with Crippen LogP contribution < -0.4 is 5.32 Å². The van der Waals surface area contributed by atoms with Gasteiger partial charge >= 0.3 is 5.97 Å². The Balaban J connectivity index is 2.44. The molecule has 1 saturated carbocycles. The Morgan fingerprint density at radius 1 is 1.37 bits per heavy atom. The van der Waals surface area contributed by atoms with Gasteiger partial charge in [-0.05, 0) is 12.8 Å². The lowest BCUT2D eigenvalue weighted by Gasteiger charge is -2.13. The highest BCUT2D eigenvalue weighted by Crippen LogP contribution is 2.24. The van der Waals surface area contributed by atoms with Gasteiger partial charge in [-0.3, -0.25) is 4.79 Å². The van der Waals surface area contributed by atoms with Crippen molar-refractivity contribution >= 4 is 21.7 Å². The van der Waals surface area contributed by atoms with Crippen LogP contribution in [0.5, 0.6) is 0 Å². The van der Waals surface area contributed by atoms with Gasteiger partial charge in [-0.1, -0.05) is 12.8 Å². The van der Waals surface area contributed by atoms with E-state index < -0.39 is 38.8 Å². The van der Waals surface area contributed by atoms with Gasteiger partial charge in [-0.15, -0.1) is 0 Å². The molecule has 1 fully saturated rings. The summed E-state index contributed by atoms with van der Waals surface area (Å²) in [6, 6.07) is 0. The van der Waals surface area contributed by atoms with Crippen molar-refractivity contribution < 1.29 is 27.9 Å². The average Bonchev–Trinajstić information content (AvgIpc) is 2.82. The molecule has 1 unspecified atom stereocenters. The average molecular weight is 293 g/mol. The van der Waals surface area contributed by atoms with E-state index in [2.05, 4.69) is 10.1 Å². The molecule has 0 bridgehead atoms. The summed E-state index contributed by atoms with van der Waals surface area (Å²) < 4.78 is 28.4. The first kappa shape index (κ1) is 15.9. The van der Waals surface area contributed by atoms with Crippen LogP contribution in [0.3, 0.4) is 0 Å². The predicted octanol–water partition coefficient (Wildman–Crippen LogP) is -0.440. The zero-order valence-corrected chi connectivity index (χ0v) is 11.6. The van der Waals surface area contributed by atoms with Gasteiger partial charge in [0.25, 0.3) is 0 Å². The molecule has 0 radical (unpaired) electrons. The second-order valence-electron chi connectivity index (χ2n) is 4.58. The predicted molar refractivity (Wildman–Crippen MR) is 67.5 cm³/mol. The van der Waals surface area contributed by atoms with E-state index in [-0.39, 0.29) is 6.54 Å². The molecule has 0 aliphatic heterocycles. The largest absolute Gasteiger partial charge is 0.479 e. The molecule has 0 heterocycles. The minimum absolute atomic E-state index is 0.245. The lowest BCUT2D eigenvalue weighted by atomic mass is 10.3. The van der Waals surface area contributed by atoms with E-state index in [1.54, 1.807) is 0 Å². The summed E-state index contributed by atoms with van der Waals surface area (Å²) in [6.45, 7) is -0.245. The first-order valence-corrected chi connectivity index (χ1v) is 7.82. The molecule has 1 amide bonds. The maximum atomic E-state index is 11.9. The summed E-state index contributed by atoms with van der Waals surface area (Å²) in [5, 5.41) is 10.5. The summed E-state index contributed by atoms with van der Waals surface area (Å²) in [6.07, 6.45) is 1.78. The van der Waals surface area contributed by atoms with Gasteiger partial charge in [0.1, 0.15) is 5.75 Å². The number of sulfone groups is 1. The number of amides is 1. The SMILES string of the molecule is COC(CNC(=O)CS(=O)(=O)C1CCCC1)C(=O)O. The van der Waals surface area contributed by atoms with Gasteiger partial charge in [0.2, 0.25) is 5.91 Å². The smallest absolute Gasteiger partial charge is 0.334 e. The summed E-state index contributed by atoms with van der Waals surface area (Å²) in [5.41, 5.74) is 0. The molecule has 2 N–H and O–H groups in total. The number of ether oxygens (including phenoxy) is 1. The molecule has 0 spiro atoms. The second kappa shape index (κ2) is 6.85. The van der Waals surface area contributed by atoms with E-state index in [4.69, 9.17) is 5.11 Å². The monoisotopic (exact) mass is 293 g/mol. The molecule has 0 saturated heterocycles. The molecule has 0 aromatic rings. The van der Waals surface area contributed by atoms with Crippen molar-refractivity contribution in [2.75, 3.05) is 19.4 Å². The van der Waals surface area contributed by atoms with Crippen molar-refractivity contribution in [2.24, 2.45) is 0 Å². The molecule has 1 atom stereocenters. The van der Waals surface area contributed by atoms with E-state index in [1.165, 1.54) is 7.11 Å². The molecule has 1 aliphatic rings. The summed E-state index contributed by atoms with van der Waals surface area (Å²) in [7, 11) is -2.23. The molecule has 8 heteroatoms. The van der Waals surface area contributed by atoms with Crippen LogP contribution in [0.2, 0.25) is 0 Å². The van der Waals surface area contributed by atoms with Gasteiger partial charge < -0.3 is 15.2 Å². The molecule has 110 valence electrons. The van der Waals surface area contributed by atoms with Crippen molar-refractivity contribution in [2.45, 2.75) is 37.0 Å². The standard InChI is InChI=1S/C11H19NO6S/c1-18-9(11(14)15)6-12-10(13)7-19(16,17)8-4-2-3-5-8/h8-9H,2-7H2,1H3,(H,12,13)(H,14,15). The van der Waals surface area contributed by atoms with Crippen molar-refractivity contribution in [3.8, 4) is 0 Å². The number of carboxylic acids is 1. The van der Waals surface area contributed by atoms with Crippen molar-refractivity contribution in [3.63, 3.8) is 0 Å². The van der Waals surface area contributed by atoms with Crippen molar-refractivity contribution in [1.29, 1.82) is 0 Å². The molecule has 1 aliphatic carbocycles. The summed E-state index contributed by atoms with van der Waals surface area (Å²) in [4.78, 5) is 22.2. The first-order chi connectivity index (χ1) is 8.86. The Morgan fingerprint density at radius 3 is 2.42 bits per heavy atom. The van der Waals surface area contributed by atoms with E-state index in [1.807, 2.05) is 0 Å². The lowest BCUT2D eigenvalue weighted by molar-refractivity contribution is -0.148. The fourth-order valence-corrected chi connectivity index (χ4v) is 3.83. The number of methoxy groups -OCH3 is 1. The van der Waals surface area contributed by atoms with Crippen LogP contribution in [-0.4, -0.2) is 56.2 Å². The molecule has 7 nitrogen and oxygen atoms in total. The number of carbonyl (C=O) groups is 2. The van der Waals surface area contributed by atoms with Gasteiger partial charge in [0.15, 0.2) is 15.9 Å². The minimum atomic E-state index is -3.43. The van der Waals surface area contributed by atoms with Crippen LogP contribution in [0.15, 0.2) is 0 Å². The Bertz CT molecular complexity index is 426. The van der Waals surface area contributed by atoms with Crippen LogP contribution in [0, 0.1) is 0 Å². The number of carbonyl (C=O) groups excluding carboxylic acids is 1. The number of aliphatic carboxylic acids is 1. The fraction of sp³-hybridized carbons (Fsp3) is 0.818. The zero-order chi connectivity index (χ0) is 14.5. The number of nitrogens with one attached hydrogen (secondary N) is 1. The van der Waals surface area contributed by atoms with Crippen LogP contribution in [0.4, 0.5) is 0 Å². The number of carboxylic acid groups (broad SMARTS) is 1. The molecule has 1 rings (SSSR count). The van der Waals surface area contributed by atoms with E-state index >= 15 is 0 Å². The molecular weight excluding hydrogens is 274 g/mol. The molecule has 0 aromatic carbocycles. The zero-order valence-electron chi connectivity index (χ0n) is 10.8. The third kappa shape index (κ3) is 4.79. The first-order valence-electron chi connectivity index (χ1n) is 6.10. The molecule has 0 aromatic heterocycles. The van der Waals surface area contributed by atoms with Crippen molar-refractivity contribution in [1.82, 2.24) is 5.32 Å². The van der Waals surface area contributed by atoms with E-state index in [0.717, 1.165) is 12.8 Å². The van der Waals surface area contributed by atoms with Crippen LogP contribution in [0.1, 0.15) is 25.7 Å². The minimum Gasteiger partial charge on any atom is -0.479 e. The van der Waals surface area contributed by atoms with Crippen LogP contribution >= 0.6 is 0 Å². The normalized spacial score (nSPS) is 18.2. The van der Waals surface area contributed by atoms with Crippen LogP contribution in [-0.2, 0) is 24.2 Å². The van der Waals surface area contributed by atoms with Gasteiger partial charge in [-0.2, -0.15) is 0 Å². The lowest BCUT2D eigenvalue weighted by Crippen LogP contribution is -2.41. The number of hydrogen-bond donors (Lipinski definition) is 2. The number of rotatable bonds is 7. The third-order valence-electron chi connectivity index (χ3n) is 3.19. The highest BCUT2D eigenvalue weighted by atomic mass is 32.2. The summed E-state index contributed by atoms with van der Waals surface area (Å²) >= 11 is 0. The van der Waals surface area contributed by atoms with Gasteiger partial charge in [-0.25, -0.2) is 13.2 Å². The number of hydrogen-bond acceptors (Lipinski definition) is 5. The quantitative estimate of drug-likeness (QED) is 0.658. The summed E-state index contributed by atoms with van der Waals surface area (Å²) in [5.74, 6) is -2.48. The topological polar surface area (TPSA) is 110 Å². The highest BCUT2D eigenvalue weighted by Gasteiger charge is 2.30. The third-order valence-corrected chi connectivity index (χ3v) is 5.34. The van der Waals surface area contributed by atoms with Gasteiger partial charge in [0, 0.05) is 7.11 Å².